The Bertz CT molecular complexity index is 1040. The van der Waals surface area contributed by atoms with Crippen molar-refractivity contribution in [2.75, 3.05) is 6.61 Å². The van der Waals surface area contributed by atoms with E-state index in [0.717, 1.165) is 16.7 Å². The zero-order valence-electron chi connectivity index (χ0n) is 16.8. The number of nitrogens with zero attached hydrogens (tertiary/aromatic N) is 1. The highest BCUT2D eigenvalue weighted by Crippen LogP contribution is 2.18. The number of carbonyl (C=O) groups excluding carboxylic acids is 2. The van der Waals surface area contributed by atoms with E-state index in [2.05, 4.69) is 10.5 Å². The van der Waals surface area contributed by atoms with Crippen molar-refractivity contribution >= 4 is 18.1 Å². The van der Waals surface area contributed by atoms with Gasteiger partial charge in [0.15, 0.2) is 6.61 Å². The van der Waals surface area contributed by atoms with E-state index in [1.807, 2.05) is 38.1 Å². The van der Waals surface area contributed by atoms with Crippen LogP contribution in [0.4, 0.5) is 0 Å². The molecule has 0 bridgehead atoms. The second-order valence-electron chi connectivity index (χ2n) is 6.68. The van der Waals surface area contributed by atoms with Crippen LogP contribution in [0.1, 0.15) is 27.0 Å². The fraction of sp³-hybridized carbons (Fsp3) is 0.125. The second-order valence-corrected chi connectivity index (χ2v) is 6.68. The Morgan fingerprint density at radius 1 is 0.967 bits per heavy atom. The average molecular weight is 402 g/mol. The van der Waals surface area contributed by atoms with E-state index in [-0.39, 0.29) is 12.5 Å². The molecular formula is C24H22N2O4. The Morgan fingerprint density at radius 2 is 1.70 bits per heavy atom. The largest absolute Gasteiger partial charge is 0.483 e. The van der Waals surface area contributed by atoms with Gasteiger partial charge in [-0.2, -0.15) is 5.10 Å². The molecule has 0 fully saturated rings. The number of hydrogen-bond donors (Lipinski definition) is 1. The maximum atomic E-state index is 12.0. The quantitative estimate of drug-likeness (QED) is 0.280. The smallest absolute Gasteiger partial charge is 0.343 e. The first-order chi connectivity index (χ1) is 14.5. The van der Waals surface area contributed by atoms with Gasteiger partial charge in [0.2, 0.25) is 0 Å². The molecule has 3 aromatic carbocycles. The molecule has 0 unspecified atom stereocenters. The van der Waals surface area contributed by atoms with Gasteiger partial charge in [0.05, 0.1) is 11.8 Å². The minimum absolute atomic E-state index is 0.129. The van der Waals surface area contributed by atoms with Crippen LogP contribution in [0.5, 0.6) is 11.5 Å². The Labute approximate surface area is 175 Å². The molecule has 1 amide bonds. The minimum atomic E-state index is -0.423. The first kappa shape index (κ1) is 20.8. The van der Waals surface area contributed by atoms with E-state index in [9.17, 15) is 9.59 Å². The molecule has 0 saturated heterocycles. The molecule has 0 radical (unpaired) electrons. The first-order valence-corrected chi connectivity index (χ1v) is 9.40. The van der Waals surface area contributed by atoms with Crippen LogP contribution < -0.4 is 14.9 Å². The van der Waals surface area contributed by atoms with E-state index >= 15 is 0 Å². The fourth-order valence-corrected chi connectivity index (χ4v) is 2.68. The lowest BCUT2D eigenvalue weighted by Gasteiger charge is -2.08. The highest BCUT2D eigenvalue weighted by atomic mass is 16.5. The lowest BCUT2D eigenvalue weighted by Crippen LogP contribution is -2.24. The molecule has 0 atom stereocenters. The number of rotatable bonds is 7. The standard InChI is InChI=1S/C24H22N2O4/c1-17-8-13-22(18(2)14-17)29-16-23(27)26-25-15-19-9-11-21(12-10-19)30-24(28)20-6-4-3-5-7-20/h3-15H,16H2,1-2H3,(H,26,27). The first-order valence-electron chi connectivity index (χ1n) is 9.40. The molecular weight excluding hydrogens is 380 g/mol. The lowest BCUT2D eigenvalue weighted by atomic mass is 10.1. The molecule has 0 spiro atoms. The van der Waals surface area contributed by atoms with E-state index in [1.165, 1.54) is 6.21 Å². The molecule has 1 N–H and O–H groups in total. The Morgan fingerprint density at radius 3 is 2.40 bits per heavy atom. The number of amides is 1. The van der Waals surface area contributed by atoms with Crippen LogP contribution in [0.2, 0.25) is 0 Å². The summed E-state index contributed by atoms with van der Waals surface area (Å²) in [6, 6.07) is 21.3. The predicted octanol–water partition coefficient (Wildman–Crippen LogP) is 4.05. The summed E-state index contributed by atoms with van der Waals surface area (Å²) in [6.07, 6.45) is 1.50. The van der Waals surface area contributed by atoms with Crippen LogP contribution in [0, 0.1) is 13.8 Å². The molecule has 0 aliphatic carbocycles. The van der Waals surface area contributed by atoms with E-state index in [1.54, 1.807) is 48.5 Å². The molecule has 0 aromatic heterocycles. The van der Waals surface area contributed by atoms with Crippen molar-refractivity contribution in [1.29, 1.82) is 0 Å². The van der Waals surface area contributed by atoms with Gasteiger partial charge in [-0.25, -0.2) is 10.2 Å². The van der Waals surface area contributed by atoms with Gasteiger partial charge >= 0.3 is 5.97 Å². The van der Waals surface area contributed by atoms with E-state index < -0.39 is 5.97 Å². The van der Waals surface area contributed by atoms with Crippen molar-refractivity contribution in [3.05, 3.63) is 95.1 Å². The molecule has 30 heavy (non-hydrogen) atoms. The molecule has 0 aliphatic rings. The van der Waals surface area contributed by atoms with Gasteiger partial charge in [-0.05, 0) is 67.4 Å². The van der Waals surface area contributed by atoms with Crippen molar-refractivity contribution in [1.82, 2.24) is 5.43 Å². The molecule has 6 nitrogen and oxygen atoms in total. The maximum Gasteiger partial charge on any atom is 0.343 e. The summed E-state index contributed by atoms with van der Waals surface area (Å²) in [6.45, 7) is 3.80. The minimum Gasteiger partial charge on any atom is -0.483 e. The molecule has 0 aliphatic heterocycles. The monoisotopic (exact) mass is 402 g/mol. The van der Waals surface area contributed by atoms with E-state index in [0.29, 0.717) is 17.1 Å². The van der Waals surface area contributed by atoms with Crippen LogP contribution in [0.3, 0.4) is 0 Å². The van der Waals surface area contributed by atoms with Crippen LogP contribution in [0.25, 0.3) is 0 Å². The highest BCUT2D eigenvalue weighted by molar-refractivity contribution is 5.91. The zero-order chi connectivity index (χ0) is 21.3. The van der Waals surface area contributed by atoms with E-state index in [4.69, 9.17) is 9.47 Å². The number of carbonyl (C=O) groups is 2. The topological polar surface area (TPSA) is 77.0 Å². The van der Waals surface area contributed by atoms with Crippen LogP contribution in [-0.4, -0.2) is 24.7 Å². The van der Waals surface area contributed by atoms with Crippen molar-refractivity contribution in [3.63, 3.8) is 0 Å². The third-order valence-electron chi connectivity index (χ3n) is 4.19. The highest BCUT2D eigenvalue weighted by Gasteiger charge is 2.07. The van der Waals surface area contributed by atoms with Gasteiger partial charge in [-0.1, -0.05) is 35.9 Å². The predicted molar refractivity (Wildman–Crippen MR) is 115 cm³/mol. The molecule has 3 rings (SSSR count). The molecule has 3 aromatic rings. The summed E-state index contributed by atoms with van der Waals surface area (Å²) in [5, 5.41) is 3.92. The van der Waals surface area contributed by atoms with Gasteiger partial charge in [0.1, 0.15) is 11.5 Å². The molecule has 6 heteroatoms. The summed E-state index contributed by atoms with van der Waals surface area (Å²) in [4.78, 5) is 23.9. The van der Waals surface area contributed by atoms with Crippen LogP contribution in [0.15, 0.2) is 77.9 Å². The van der Waals surface area contributed by atoms with Gasteiger partial charge < -0.3 is 9.47 Å². The van der Waals surface area contributed by atoms with Crippen LogP contribution in [-0.2, 0) is 4.79 Å². The van der Waals surface area contributed by atoms with Crippen molar-refractivity contribution in [2.45, 2.75) is 13.8 Å². The number of aryl methyl sites for hydroxylation is 2. The SMILES string of the molecule is Cc1ccc(OCC(=O)NN=Cc2ccc(OC(=O)c3ccccc3)cc2)c(C)c1. The summed E-state index contributed by atoms with van der Waals surface area (Å²) in [7, 11) is 0. The summed E-state index contributed by atoms with van der Waals surface area (Å²) < 4.78 is 10.8. The number of hydrogen-bond acceptors (Lipinski definition) is 5. The number of nitrogens with one attached hydrogen (secondary N) is 1. The van der Waals surface area contributed by atoms with Gasteiger partial charge in [-0.3, -0.25) is 4.79 Å². The average Bonchev–Trinajstić information content (AvgIpc) is 2.75. The van der Waals surface area contributed by atoms with Gasteiger partial charge in [0.25, 0.3) is 5.91 Å². The maximum absolute atomic E-state index is 12.0. The normalized spacial score (nSPS) is 10.6. The Kier molecular flexibility index (Phi) is 6.95. The second kappa shape index (κ2) is 10.0. The third-order valence-corrected chi connectivity index (χ3v) is 4.19. The fourth-order valence-electron chi connectivity index (χ4n) is 2.68. The Hall–Kier alpha value is -3.93. The molecule has 0 heterocycles. The summed E-state index contributed by atoms with van der Waals surface area (Å²) >= 11 is 0. The number of ether oxygens (including phenoxy) is 2. The van der Waals surface area contributed by atoms with Crippen LogP contribution >= 0.6 is 0 Å². The zero-order valence-corrected chi connectivity index (χ0v) is 16.8. The number of esters is 1. The summed E-state index contributed by atoms with van der Waals surface area (Å²) in [5.41, 5.74) is 5.75. The van der Waals surface area contributed by atoms with Crippen molar-refractivity contribution in [3.8, 4) is 11.5 Å². The van der Waals surface area contributed by atoms with Gasteiger partial charge in [-0.15, -0.1) is 0 Å². The third kappa shape index (κ3) is 6.04. The van der Waals surface area contributed by atoms with Crippen molar-refractivity contribution in [2.24, 2.45) is 5.10 Å². The summed E-state index contributed by atoms with van der Waals surface area (Å²) in [5.74, 6) is 0.306. The number of benzene rings is 3. The number of hydrazone groups is 1. The molecule has 0 saturated carbocycles. The Balaban J connectivity index is 1.46. The lowest BCUT2D eigenvalue weighted by molar-refractivity contribution is -0.123. The molecule has 152 valence electrons. The van der Waals surface area contributed by atoms with Gasteiger partial charge in [0, 0.05) is 0 Å². The van der Waals surface area contributed by atoms with Crippen molar-refractivity contribution < 1.29 is 19.1 Å².